The second-order valence-corrected chi connectivity index (χ2v) is 4.98. The molecule has 0 heterocycles. The molecule has 0 aromatic heterocycles. The summed E-state index contributed by atoms with van der Waals surface area (Å²) in [4.78, 5) is 0. The van der Waals surface area contributed by atoms with Gasteiger partial charge in [0.25, 0.3) is 0 Å². The van der Waals surface area contributed by atoms with Crippen LogP contribution in [0.5, 0.6) is 17.2 Å². The lowest BCUT2D eigenvalue weighted by molar-refractivity contribution is 0.409. The summed E-state index contributed by atoms with van der Waals surface area (Å²) in [5.74, 6) is 1.61. The summed E-state index contributed by atoms with van der Waals surface area (Å²) in [7, 11) is 1.54. The second kappa shape index (κ2) is 6.65. The minimum Gasteiger partial charge on any atom is -0.497 e. The average molecular weight is 353 g/mol. The summed E-state index contributed by atoms with van der Waals surface area (Å²) in [6.45, 7) is 0. The van der Waals surface area contributed by atoms with Crippen molar-refractivity contribution in [3.8, 4) is 23.3 Å². The average Bonchev–Trinajstić information content (AvgIpc) is 2.48. The van der Waals surface area contributed by atoms with Gasteiger partial charge in [0.15, 0.2) is 0 Å². The van der Waals surface area contributed by atoms with Crippen LogP contribution in [0.25, 0.3) is 0 Å². The Balaban J connectivity index is 2.32. The minimum absolute atomic E-state index is 0.465. The Hall–Kier alpha value is -1.70. The third-order valence-electron chi connectivity index (χ3n) is 2.62. The van der Waals surface area contributed by atoms with E-state index in [1.807, 2.05) is 12.1 Å². The first-order valence-corrected chi connectivity index (χ1v) is 7.27. The highest BCUT2D eigenvalue weighted by Crippen LogP contribution is 2.32. The van der Waals surface area contributed by atoms with E-state index in [1.165, 1.54) is 7.11 Å². The molecule has 0 aliphatic heterocycles. The van der Waals surface area contributed by atoms with Gasteiger partial charge in [-0.05, 0) is 29.8 Å². The van der Waals surface area contributed by atoms with E-state index in [0.717, 1.165) is 10.9 Å². The molecule has 0 unspecified atom stereocenters. The van der Waals surface area contributed by atoms with Gasteiger partial charge >= 0.3 is 0 Å². The highest BCUT2D eigenvalue weighted by Gasteiger charge is 2.07. The number of hydrogen-bond acceptors (Lipinski definition) is 3. The van der Waals surface area contributed by atoms with Crippen molar-refractivity contribution in [3.05, 3.63) is 52.5 Å². The maximum Gasteiger partial charge on any atom is 0.146 e. The van der Waals surface area contributed by atoms with Crippen LogP contribution in [-0.2, 0) is 5.33 Å². The van der Waals surface area contributed by atoms with Crippen LogP contribution >= 0.6 is 27.5 Å². The molecule has 0 fully saturated rings. The molecule has 2 aromatic carbocycles. The number of nitriles is 1. The van der Waals surface area contributed by atoms with Crippen LogP contribution in [0.1, 0.15) is 11.1 Å². The smallest absolute Gasteiger partial charge is 0.146 e. The van der Waals surface area contributed by atoms with Gasteiger partial charge in [0.05, 0.1) is 23.8 Å². The summed E-state index contributed by atoms with van der Waals surface area (Å²) in [5, 5.41) is 10.2. The predicted octanol–water partition coefficient (Wildman–Crippen LogP) is 4.91. The Kier molecular flexibility index (Phi) is 4.89. The molecule has 0 radical (unpaired) electrons. The van der Waals surface area contributed by atoms with Gasteiger partial charge in [-0.1, -0.05) is 33.6 Å². The third kappa shape index (κ3) is 3.44. The highest BCUT2D eigenvalue weighted by molar-refractivity contribution is 9.08. The zero-order chi connectivity index (χ0) is 14.5. The maximum absolute atomic E-state index is 8.98. The molecule has 0 N–H and O–H groups in total. The Labute approximate surface area is 130 Å². The largest absolute Gasteiger partial charge is 0.497 e. The van der Waals surface area contributed by atoms with E-state index in [-0.39, 0.29) is 0 Å². The number of benzene rings is 2. The van der Waals surface area contributed by atoms with Gasteiger partial charge in [0, 0.05) is 11.4 Å². The van der Waals surface area contributed by atoms with Gasteiger partial charge in [-0.3, -0.25) is 0 Å². The lowest BCUT2D eigenvalue weighted by Gasteiger charge is -2.10. The fourth-order valence-electron chi connectivity index (χ4n) is 1.65. The van der Waals surface area contributed by atoms with Crippen molar-refractivity contribution in [2.75, 3.05) is 7.11 Å². The zero-order valence-electron chi connectivity index (χ0n) is 10.7. The van der Waals surface area contributed by atoms with E-state index in [4.69, 9.17) is 26.3 Å². The molecule has 0 saturated carbocycles. The molecule has 102 valence electrons. The third-order valence-corrected chi connectivity index (χ3v) is 3.57. The number of methoxy groups -OCH3 is 1. The van der Waals surface area contributed by atoms with E-state index < -0.39 is 0 Å². The predicted molar refractivity (Wildman–Crippen MR) is 81.9 cm³/mol. The molecule has 5 heteroatoms. The van der Waals surface area contributed by atoms with Crippen molar-refractivity contribution in [2.24, 2.45) is 0 Å². The van der Waals surface area contributed by atoms with Crippen LogP contribution in [0, 0.1) is 11.3 Å². The monoisotopic (exact) mass is 351 g/mol. The van der Waals surface area contributed by atoms with E-state index in [0.29, 0.717) is 27.8 Å². The lowest BCUT2D eigenvalue weighted by atomic mass is 10.2. The van der Waals surface area contributed by atoms with Crippen molar-refractivity contribution in [1.82, 2.24) is 0 Å². The molecule has 0 aliphatic carbocycles. The van der Waals surface area contributed by atoms with Crippen molar-refractivity contribution in [1.29, 1.82) is 5.26 Å². The standard InChI is InChI=1S/C15H11BrClNO2/c1-19-12-4-11(9-18)5-13(7-12)20-15-3-2-10(8-16)6-14(15)17/h2-7H,8H2,1H3. The van der Waals surface area contributed by atoms with Gasteiger partial charge in [0.2, 0.25) is 0 Å². The topological polar surface area (TPSA) is 42.2 Å². The Bertz CT molecular complexity index is 667. The van der Waals surface area contributed by atoms with Gasteiger partial charge < -0.3 is 9.47 Å². The molecule has 0 aliphatic rings. The normalized spacial score (nSPS) is 9.90. The van der Waals surface area contributed by atoms with Gasteiger partial charge in [-0.15, -0.1) is 0 Å². The summed E-state index contributed by atoms with van der Waals surface area (Å²) < 4.78 is 10.8. The Morgan fingerprint density at radius 3 is 2.55 bits per heavy atom. The minimum atomic E-state index is 0.465. The molecule has 0 atom stereocenters. The number of rotatable bonds is 4. The van der Waals surface area contributed by atoms with Crippen molar-refractivity contribution in [3.63, 3.8) is 0 Å². The van der Waals surface area contributed by atoms with Crippen LogP contribution < -0.4 is 9.47 Å². The van der Waals surface area contributed by atoms with Crippen LogP contribution in [0.4, 0.5) is 0 Å². The lowest BCUT2D eigenvalue weighted by Crippen LogP contribution is -1.90. The first-order chi connectivity index (χ1) is 9.66. The number of alkyl halides is 1. The zero-order valence-corrected chi connectivity index (χ0v) is 13.0. The van der Waals surface area contributed by atoms with Gasteiger partial charge in [0.1, 0.15) is 17.2 Å². The summed E-state index contributed by atoms with van der Waals surface area (Å²) in [6, 6.07) is 12.6. The molecule has 20 heavy (non-hydrogen) atoms. The molecular formula is C15H11BrClNO2. The Morgan fingerprint density at radius 1 is 1.20 bits per heavy atom. The van der Waals surface area contributed by atoms with Crippen LogP contribution in [0.15, 0.2) is 36.4 Å². The molecule has 2 rings (SSSR count). The van der Waals surface area contributed by atoms with E-state index in [2.05, 4.69) is 22.0 Å². The fraction of sp³-hybridized carbons (Fsp3) is 0.133. The first kappa shape index (κ1) is 14.7. The summed E-state index contributed by atoms with van der Waals surface area (Å²) in [5.41, 5.74) is 1.53. The van der Waals surface area contributed by atoms with E-state index in [1.54, 1.807) is 24.3 Å². The van der Waals surface area contributed by atoms with Gasteiger partial charge in [-0.2, -0.15) is 5.26 Å². The first-order valence-electron chi connectivity index (χ1n) is 5.77. The molecule has 0 bridgehead atoms. The molecule has 2 aromatic rings. The molecule has 3 nitrogen and oxygen atoms in total. The number of ether oxygens (including phenoxy) is 2. The van der Waals surface area contributed by atoms with Crippen LogP contribution in [-0.4, -0.2) is 7.11 Å². The molecule has 0 saturated heterocycles. The van der Waals surface area contributed by atoms with E-state index >= 15 is 0 Å². The summed E-state index contributed by atoms with van der Waals surface area (Å²) in [6.07, 6.45) is 0. The van der Waals surface area contributed by atoms with Crippen LogP contribution in [0.3, 0.4) is 0 Å². The molecule has 0 spiro atoms. The number of halogens is 2. The van der Waals surface area contributed by atoms with Crippen molar-refractivity contribution in [2.45, 2.75) is 5.33 Å². The highest BCUT2D eigenvalue weighted by atomic mass is 79.9. The number of hydrogen-bond donors (Lipinski definition) is 0. The Morgan fingerprint density at radius 2 is 1.95 bits per heavy atom. The van der Waals surface area contributed by atoms with E-state index in [9.17, 15) is 0 Å². The fourth-order valence-corrected chi connectivity index (χ4v) is 2.24. The quantitative estimate of drug-likeness (QED) is 0.734. The van der Waals surface area contributed by atoms with Crippen LogP contribution in [0.2, 0.25) is 5.02 Å². The summed E-state index contributed by atoms with van der Waals surface area (Å²) >= 11 is 9.53. The van der Waals surface area contributed by atoms with Crippen molar-refractivity contribution >= 4 is 27.5 Å². The molecule has 0 amide bonds. The van der Waals surface area contributed by atoms with Crippen molar-refractivity contribution < 1.29 is 9.47 Å². The number of nitrogens with zero attached hydrogens (tertiary/aromatic N) is 1. The molecular weight excluding hydrogens is 342 g/mol. The second-order valence-electron chi connectivity index (χ2n) is 4.01. The maximum atomic E-state index is 8.98. The SMILES string of the molecule is COc1cc(C#N)cc(Oc2ccc(CBr)cc2Cl)c1. The van der Waals surface area contributed by atoms with Gasteiger partial charge in [-0.25, -0.2) is 0 Å².